The molecule has 0 amide bonds. The molecular formula is C6H4N2S2. The number of nitrogens with one attached hydrogen (secondary N) is 1. The van der Waals surface area contributed by atoms with Crippen LogP contribution in [-0.4, -0.2) is 9.97 Å². The lowest BCUT2D eigenvalue weighted by atomic mass is 10.5. The lowest BCUT2D eigenvalue weighted by Crippen LogP contribution is -1.68. The Morgan fingerprint density at radius 3 is 3.30 bits per heavy atom. The molecule has 2 heterocycles. The smallest absolute Gasteiger partial charge is 0.160 e. The van der Waals surface area contributed by atoms with Gasteiger partial charge in [0.2, 0.25) is 0 Å². The first-order valence-corrected chi connectivity index (χ1v) is 4.02. The molecule has 0 radical (unpaired) electrons. The zero-order valence-corrected chi connectivity index (χ0v) is 6.63. The molecule has 0 aliphatic rings. The van der Waals surface area contributed by atoms with E-state index in [9.17, 15) is 0 Å². The number of thiazole rings is 1. The number of H-pyrrole nitrogens is 1. The molecule has 0 atom stereocenters. The number of fused-ring (bicyclic) bond motifs is 1. The monoisotopic (exact) mass is 168 g/mol. The second-order valence-corrected chi connectivity index (χ2v) is 3.54. The van der Waals surface area contributed by atoms with Gasteiger partial charge in [-0.25, -0.2) is 4.98 Å². The maximum absolute atomic E-state index is 4.94. The van der Waals surface area contributed by atoms with Crippen molar-refractivity contribution in [2.24, 2.45) is 0 Å². The normalized spacial score (nSPS) is 10.4. The summed E-state index contributed by atoms with van der Waals surface area (Å²) in [6.45, 7) is 0. The highest BCUT2D eigenvalue weighted by atomic mass is 32.1. The van der Waals surface area contributed by atoms with Crippen LogP contribution >= 0.6 is 23.6 Å². The highest BCUT2D eigenvalue weighted by molar-refractivity contribution is 7.73. The minimum atomic E-state index is 0.786. The van der Waals surface area contributed by atoms with Crippen molar-refractivity contribution in [1.82, 2.24) is 9.97 Å². The lowest BCUT2D eigenvalue weighted by Gasteiger charge is -1.81. The molecule has 0 unspecified atom stereocenters. The zero-order chi connectivity index (χ0) is 6.97. The molecular weight excluding hydrogens is 164 g/mol. The predicted octanol–water partition coefficient (Wildman–Crippen LogP) is 2.35. The maximum atomic E-state index is 4.94. The fraction of sp³-hybridized carbons (Fsp3) is 0. The van der Waals surface area contributed by atoms with Crippen LogP contribution in [0.2, 0.25) is 0 Å². The van der Waals surface area contributed by atoms with Crippen LogP contribution in [0.3, 0.4) is 0 Å². The van der Waals surface area contributed by atoms with Gasteiger partial charge in [0, 0.05) is 6.20 Å². The second kappa shape index (κ2) is 2.14. The lowest BCUT2D eigenvalue weighted by molar-refractivity contribution is 1.40. The third kappa shape index (κ3) is 0.853. The average Bonchev–Trinajstić information content (AvgIpc) is 2.27. The number of aromatic amines is 1. The van der Waals surface area contributed by atoms with Gasteiger partial charge in [-0.15, -0.1) is 0 Å². The first-order valence-electron chi connectivity index (χ1n) is 2.80. The summed E-state index contributed by atoms with van der Waals surface area (Å²) in [5, 5.41) is 0. The molecule has 10 heavy (non-hydrogen) atoms. The van der Waals surface area contributed by atoms with Crippen molar-refractivity contribution >= 4 is 33.9 Å². The zero-order valence-electron chi connectivity index (χ0n) is 5.00. The van der Waals surface area contributed by atoms with Gasteiger partial charge in [0.25, 0.3) is 0 Å². The molecule has 1 N–H and O–H groups in total. The van der Waals surface area contributed by atoms with Crippen molar-refractivity contribution < 1.29 is 0 Å². The van der Waals surface area contributed by atoms with E-state index < -0.39 is 0 Å². The Morgan fingerprint density at radius 2 is 2.50 bits per heavy atom. The average molecular weight is 168 g/mol. The van der Waals surface area contributed by atoms with Crippen LogP contribution in [0, 0.1) is 3.95 Å². The second-order valence-electron chi connectivity index (χ2n) is 1.87. The molecule has 50 valence electrons. The standard InChI is InChI=1S/C6H4N2S2/c9-6-8-4-2-1-3-7-5(4)10-6/h1-3H,(H,8,9). The molecule has 2 rings (SSSR count). The highest BCUT2D eigenvalue weighted by Crippen LogP contribution is 2.14. The van der Waals surface area contributed by atoms with Gasteiger partial charge in [-0.05, 0) is 24.4 Å². The van der Waals surface area contributed by atoms with Gasteiger partial charge in [-0.1, -0.05) is 11.3 Å². The Balaban J connectivity index is 3.01. The van der Waals surface area contributed by atoms with E-state index in [1.54, 1.807) is 6.20 Å². The summed E-state index contributed by atoms with van der Waals surface area (Å²) in [5.41, 5.74) is 1.03. The third-order valence-corrected chi connectivity index (χ3v) is 2.36. The summed E-state index contributed by atoms with van der Waals surface area (Å²) in [4.78, 5) is 8.13. The molecule has 0 spiro atoms. The molecule has 0 saturated heterocycles. The van der Waals surface area contributed by atoms with E-state index in [1.165, 1.54) is 11.3 Å². The summed E-state index contributed by atoms with van der Waals surface area (Å²) in [6, 6.07) is 3.86. The SMILES string of the molecule is S=c1[nH]c2cccnc2s1. The maximum Gasteiger partial charge on any atom is 0.160 e. The molecule has 0 aromatic carbocycles. The van der Waals surface area contributed by atoms with Crippen molar-refractivity contribution in [3.63, 3.8) is 0 Å². The third-order valence-electron chi connectivity index (χ3n) is 1.20. The van der Waals surface area contributed by atoms with Gasteiger partial charge in [-0.2, -0.15) is 0 Å². The number of hydrogen-bond acceptors (Lipinski definition) is 3. The summed E-state index contributed by atoms with van der Waals surface area (Å²) >= 11 is 6.44. The Kier molecular flexibility index (Phi) is 1.28. The molecule has 2 aromatic heterocycles. The number of hydrogen-bond donors (Lipinski definition) is 1. The molecule has 2 nitrogen and oxygen atoms in total. The van der Waals surface area contributed by atoms with Gasteiger partial charge in [0.15, 0.2) is 3.95 Å². The van der Waals surface area contributed by atoms with Gasteiger partial charge >= 0.3 is 0 Å². The molecule has 4 heteroatoms. The van der Waals surface area contributed by atoms with Crippen LogP contribution in [0.25, 0.3) is 10.3 Å². The van der Waals surface area contributed by atoms with Gasteiger partial charge in [0.05, 0.1) is 5.52 Å². The van der Waals surface area contributed by atoms with Crippen LogP contribution in [0.15, 0.2) is 18.3 Å². The molecule has 0 aliphatic carbocycles. The molecule has 0 fully saturated rings. The van der Waals surface area contributed by atoms with Crippen LogP contribution < -0.4 is 0 Å². The Labute approximate surface area is 66.6 Å². The van der Waals surface area contributed by atoms with E-state index in [1.807, 2.05) is 12.1 Å². The predicted molar refractivity (Wildman–Crippen MR) is 44.8 cm³/mol. The van der Waals surface area contributed by atoms with Crippen LogP contribution in [-0.2, 0) is 0 Å². The molecule has 0 aliphatic heterocycles. The first kappa shape index (κ1) is 6.00. The summed E-state index contributed by atoms with van der Waals surface area (Å²) in [6.07, 6.45) is 1.77. The summed E-state index contributed by atoms with van der Waals surface area (Å²) in [5.74, 6) is 0. The van der Waals surface area contributed by atoms with E-state index in [2.05, 4.69) is 9.97 Å². The molecule has 0 saturated carbocycles. The van der Waals surface area contributed by atoms with E-state index in [-0.39, 0.29) is 0 Å². The number of rotatable bonds is 0. The van der Waals surface area contributed by atoms with Gasteiger partial charge < -0.3 is 4.98 Å². The summed E-state index contributed by atoms with van der Waals surface area (Å²) < 4.78 is 0.786. The minimum Gasteiger partial charge on any atom is -0.336 e. The molecule has 2 aromatic rings. The quantitative estimate of drug-likeness (QED) is 0.612. The first-order chi connectivity index (χ1) is 4.86. The number of pyridine rings is 1. The van der Waals surface area contributed by atoms with Crippen molar-refractivity contribution in [3.05, 3.63) is 22.3 Å². The van der Waals surface area contributed by atoms with Crippen LogP contribution in [0.4, 0.5) is 0 Å². The Bertz CT molecular complexity index is 365. The Hall–Kier alpha value is -0.740. The minimum absolute atomic E-state index is 0.786. The van der Waals surface area contributed by atoms with Crippen molar-refractivity contribution in [3.8, 4) is 0 Å². The van der Waals surface area contributed by atoms with Crippen LogP contribution in [0.1, 0.15) is 0 Å². The van der Waals surface area contributed by atoms with Gasteiger partial charge in [-0.3, -0.25) is 0 Å². The van der Waals surface area contributed by atoms with E-state index in [0.717, 1.165) is 14.3 Å². The van der Waals surface area contributed by atoms with Crippen molar-refractivity contribution in [2.45, 2.75) is 0 Å². The van der Waals surface area contributed by atoms with Crippen LogP contribution in [0.5, 0.6) is 0 Å². The molecule has 0 bridgehead atoms. The largest absolute Gasteiger partial charge is 0.336 e. The van der Waals surface area contributed by atoms with E-state index in [0.29, 0.717) is 0 Å². The number of aromatic nitrogens is 2. The van der Waals surface area contributed by atoms with E-state index >= 15 is 0 Å². The van der Waals surface area contributed by atoms with Gasteiger partial charge in [0.1, 0.15) is 4.83 Å². The fourth-order valence-electron chi connectivity index (χ4n) is 0.791. The van der Waals surface area contributed by atoms with E-state index in [4.69, 9.17) is 12.2 Å². The fourth-order valence-corrected chi connectivity index (χ4v) is 1.82. The number of nitrogens with zero attached hydrogens (tertiary/aromatic N) is 1. The topological polar surface area (TPSA) is 28.7 Å². The highest BCUT2D eigenvalue weighted by Gasteiger charge is 1.93. The summed E-state index contributed by atoms with van der Waals surface area (Å²) in [7, 11) is 0. The Morgan fingerprint density at radius 1 is 1.60 bits per heavy atom. The van der Waals surface area contributed by atoms with Crippen molar-refractivity contribution in [2.75, 3.05) is 0 Å². The van der Waals surface area contributed by atoms with Crippen molar-refractivity contribution in [1.29, 1.82) is 0 Å².